The van der Waals surface area contributed by atoms with E-state index in [0.717, 1.165) is 79.7 Å². The maximum absolute atomic E-state index is 13.5. The molecule has 1 aliphatic carbocycles. The molecule has 3 aromatic carbocycles. The number of nitrogens with zero attached hydrogens (tertiary/aromatic N) is 5. The van der Waals surface area contributed by atoms with Crippen molar-refractivity contribution >= 4 is 40.9 Å². The third-order valence-electron chi connectivity index (χ3n) is 13.3. The summed E-state index contributed by atoms with van der Waals surface area (Å²) in [5.41, 5.74) is 4.09. The largest absolute Gasteiger partial charge is 0.489 e. The standard InChI is InChI=1S/C45H51N7O6/c1-27-24-33(12-8-29(27)26-46)58-43-44(2,3)42(45(43,4)5)48-38(54)28-6-9-30(10-7-28)50-20-22-51(23-21-50)31-16-18-49(19-17-31)32-11-13-34-35(25-32)41(57)52(40(34)56)36-14-15-37(53)47-39(36)55/h6-13,24-25,31,36,42-43H,14-23H2,1-5H3,(H,48,54)(H,47,53,55). The van der Waals surface area contributed by atoms with Crippen molar-refractivity contribution in [2.24, 2.45) is 10.8 Å². The average Bonchev–Trinajstić information content (AvgIpc) is 3.46. The van der Waals surface area contributed by atoms with Crippen LogP contribution in [0.2, 0.25) is 0 Å². The number of piperidine rings is 2. The van der Waals surface area contributed by atoms with Crippen molar-refractivity contribution < 1.29 is 28.7 Å². The molecule has 5 amide bonds. The van der Waals surface area contributed by atoms with Gasteiger partial charge in [-0.15, -0.1) is 0 Å². The number of nitriles is 1. The summed E-state index contributed by atoms with van der Waals surface area (Å²) in [6, 6.07) is 20.3. The first-order valence-electron chi connectivity index (χ1n) is 20.4. The molecule has 4 heterocycles. The Balaban J connectivity index is 0.811. The van der Waals surface area contributed by atoms with E-state index in [-0.39, 0.29) is 41.7 Å². The van der Waals surface area contributed by atoms with Crippen molar-refractivity contribution in [3.05, 3.63) is 88.5 Å². The molecule has 1 atom stereocenters. The molecular formula is C45H51N7O6. The highest BCUT2D eigenvalue weighted by atomic mass is 16.5. The lowest BCUT2D eigenvalue weighted by Gasteiger charge is -2.63. The second kappa shape index (κ2) is 14.9. The summed E-state index contributed by atoms with van der Waals surface area (Å²) in [4.78, 5) is 72.3. The maximum Gasteiger partial charge on any atom is 0.262 e. The van der Waals surface area contributed by atoms with Gasteiger partial charge in [-0.2, -0.15) is 5.26 Å². The van der Waals surface area contributed by atoms with Crippen molar-refractivity contribution in [1.29, 1.82) is 5.26 Å². The number of amides is 5. The minimum atomic E-state index is -0.975. The van der Waals surface area contributed by atoms with Gasteiger partial charge < -0.3 is 19.9 Å². The van der Waals surface area contributed by atoms with E-state index in [2.05, 4.69) is 59.1 Å². The van der Waals surface area contributed by atoms with Gasteiger partial charge in [0.25, 0.3) is 17.7 Å². The zero-order valence-electron chi connectivity index (χ0n) is 33.8. The molecule has 2 N–H and O–H groups in total. The van der Waals surface area contributed by atoms with Crippen LogP contribution in [0.3, 0.4) is 0 Å². The summed E-state index contributed by atoms with van der Waals surface area (Å²) >= 11 is 0. The summed E-state index contributed by atoms with van der Waals surface area (Å²) in [5, 5.41) is 14.9. The number of benzene rings is 3. The van der Waals surface area contributed by atoms with Gasteiger partial charge in [0.15, 0.2) is 0 Å². The zero-order chi connectivity index (χ0) is 41.1. The molecule has 13 heteroatoms. The molecular weight excluding hydrogens is 735 g/mol. The smallest absolute Gasteiger partial charge is 0.262 e. The van der Waals surface area contributed by atoms with Crippen LogP contribution in [0.15, 0.2) is 60.7 Å². The van der Waals surface area contributed by atoms with Gasteiger partial charge in [0.05, 0.1) is 22.8 Å². The Morgan fingerprint density at radius 3 is 2.07 bits per heavy atom. The van der Waals surface area contributed by atoms with Crippen LogP contribution in [-0.2, 0) is 9.59 Å². The van der Waals surface area contributed by atoms with Crippen LogP contribution < -0.4 is 25.2 Å². The fraction of sp³-hybridized carbons (Fsp3) is 0.467. The first-order chi connectivity index (χ1) is 27.7. The van der Waals surface area contributed by atoms with Gasteiger partial charge in [-0.25, -0.2) is 0 Å². The molecule has 58 heavy (non-hydrogen) atoms. The highest BCUT2D eigenvalue weighted by molar-refractivity contribution is 6.23. The van der Waals surface area contributed by atoms with Crippen LogP contribution in [0.25, 0.3) is 0 Å². The summed E-state index contributed by atoms with van der Waals surface area (Å²) in [5.74, 6) is -1.35. The number of hydrogen-bond acceptors (Lipinski definition) is 10. The highest BCUT2D eigenvalue weighted by Gasteiger charge is 2.64. The molecule has 4 aliphatic heterocycles. The number of imide groups is 2. The minimum Gasteiger partial charge on any atom is -0.489 e. The third-order valence-corrected chi connectivity index (χ3v) is 13.3. The minimum absolute atomic E-state index is 0.0902. The van der Waals surface area contributed by atoms with Crippen molar-refractivity contribution in [2.75, 3.05) is 49.1 Å². The predicted molar refractivity (Wildman–Crippen MR) is 218 cm³/mol. The number of aryl methyl sites for hydroxylation is 1. The molecule has 13 nitrogen and oxygen atoms in total. The number of ether oxygens (including phenoxy) is 1. The third kappa shape index (κ3) is 6.87. The molecule has 3 saturated heterocycles. The van der Waals surface area contributed by atoms with Crippen molar-refractivity contribution in [1.82, 2.24) is 20.4 Å². The van der Waals surface area contributed by atoms with Gasteiger partial charge >= 0.3 is 0 Å². The quantitative estimate of drug-likeness (QED) is 0.308. The van der Waals surface area contributed by atoms with E-state index in [1.807, 2.05) is 49.4 Å². The summed E-state index contributed by atoms with van der Waals surface area (Å²) in [6.45, 7) is 15.7. The number of anilines is 2. The first-order valence-corrected chi connectivity index (χ1v) is 20.4. The molecule has 0 bridgehead atoms. The molecule has 0 radical (unpaired) electrons. The van der Waals surface area contributed by atoms with Crippen LogP contribution in [0.5, 0.6) is 5.75 Å². The van der Waals surface area contributed by atoms with E-state index >= 15 is 0 Å². The fourth-order valence-corrected chi connectivity index (χ4v) is 10.3. The fourth-order valence-electron chi connectivity index (χ4n) is 10.3. The summed E-state index contributed by atoms with van der Waals surface area (Å²) in [6.07, 6.45) is 2.06. The van der Waals surface area contributed by atoms with Gasteiger partial charge in [0.1, 0.15) is 17.9 Å². The molecule has 0 aromatic heterocycles. The van der Waals surface area contributed by atoms with Crippen molar-refractivity contribution in [3.8, 4) is 11.8 Å². The Bertz CT molecular complexity index is 2200. The van der Waals surface area contributed by atoms with Crippen LogP contribution in [0.1, 0.15) is 95.6 Å². The Morgan fingerprint density at radius 1 is 0.793 bits per heavy atom. The molecule has 5 aliphatic rings. The number of piperazine rings is 1. The first kappa shape index (κ1) is 39.1. The van der Waals surface area contributed by atoms with E-state index in [1.165, 1.54) is 0 Å². The van der Waals surface area contributed by atoms with Crippen molar-refractivity contribution in [3.63, 3.8) is 0 Å². The lowest BCUT2D eigenvalue weighted by molar-refractivity contribution is -0.164. The summed E-state index contributed by atoms with van der Waals surface area (Å²) in [7, 11) is 0. The maximum atomic E-state index is 13.5. The topological polar surface area (TPSA) is 155 Å². The Hall–Kier alpha value is -5.74. The normalized spacial score (nSPS) is 24.5. The van der Waals surface area contributed by atoms with Crippen LogP contribution >= 0.6 is 0 Å². The number of fused-ring (bicyclic) bond motifs is 1. The van der Waals surface area contributed by atoms with Gasteiger partial charge in [-0.3, -0.25) is 39.1 Å². The van der Waals surface area contributed by atoms with E-state index in [1.54, 1.807) is 18.2 Å². The van der Waals surface area contributed by atoms with Crippen molar-refractivity contribution in [2.45, 2.75) is 84.5 Å². The lowest BCUT2D eigenvalue weighted by atomic mass is 9.49. The van der Waals surface area contributed by atoms with Crippen LogP contribution in [0.4, 0.5) is 11.4 Å². The number of carbonyl (C=O) groups is 5. The zero-order valence-corrected chi connectivity index (χ0v) is 33.8. The van der Waals surface area contributed by atoms with E-state index in [4.69, 9.17) is 4.74 Å². The molecule has 4 fully saturated rings. The second-order valence-corrected chi connectivity index (χ2v) is 17.6. The Kier molecular flexibility index (Phi) is 10.0. The molecule has 8 rings (SSSR count). The molecule has 1 unspecified atom stereocenters. The van der Waals surface area contributed by atoms with E-state index in [9.17, 15) is 29.2 Å². The SMILES string of the molecule is Cc1cc(OC2C(C)(C)C(NC(=O)c3ccc(N4CCN(C5CCN(c6ccc7c(c6)C(=O)N(C6CCC(=O)NC6=O)C7=O)CC5)CC4)cc3)C2(C)C)ccc1C#N. The number of hydrogen-bond donors (Lipinski definition) is 2. The average molecular weight is 786 g/mol. The second-order valence-electron chi connectivity index (χ2n) is 17.6. The number of nitrogens with one attached hydrogen (secondary N) is 2. The molecule has 302 valence electrons. The monoisotopic (exact) mass is 785 g/mol. The van der Waals surface area contributed by atoms with E-state index < -0.39 is 29.7 Å². The molecule has 0 spiro atoms. The summed E-state index contributed by atoms with van der Waals surface area (Å²) < 4.78 is 6.47. The molecule has 3 aromatic rings. The van der Waals surface area contributed by atoms with Gasteiger partial charge in [-0.1, -0.05) is 27.7 Å². The van der Waals surface area contributed by atoms with E-state index in [0.29, 0.717) is 28.3 Å². The molecule has 1 saturated carbocycles. The van der Waals surface area contributed by atoms with Crippen LogP contribution in [0, 0.1) is 29.1 Å². The van der Waals surface area contributed by atoms with Gasteiger partial charge in [0.2, 0.25) is 11.8 Å². The Labute approximate surface area is 339 Å². The highest BCUT2D eigenvalue weighted by Crippen LogP contribution is 2.55. The van der Waals surface area contributed by atoms with Gasteiger partial charge in [-0.05, 0) is 92.4 Å². The Morgan fingerprint density at radius 2 is 1.43 bits per heavy atom. The van der Waals surface area contributed by atoms with Crippen LogP contribution in [-0.4, -0.2) is 103 Å². The number of rotatable bonds is 8. The van der Waals surface area contributed by atoms with Gasteiger partial charge in [0, 0.05) is 85.5 Å². The number of carbonyl (C=O) groups excluding carboxylic acids is 5. The lowest BCUT2D eigenvalue weighted by Crippen LogP contribution is -2.74. The predicted octanol–water partition coefficient (Wildman–Crippen LogP) is 4.67.